The molecule has 0 aromatic heterocycles. The van der Waals surface area contributed by atoms with Crippen LogP contribution in [-0.2, 0) is 10.0 Å². The van der Waals surface area contributed by atoms with Gasteiger partial charge in [-0.3, -0.25) is 0 Å². The van der Waals surface area contributed by atoms with Gasteiger partial charge >= 0.3 is 59.5 Å². The molecule has 0 rings (SSSR count). The molecule has 0 aliphatic heterocycles. The van der Waals surface area contributed by atoms with Crippen molar-refractivity contribution >= 4 is 10.0 Å². The summed E-state index contributed by atoms with van der Waals surface area (Å²) in [4.78, 5) is 0. The minimum Gasteiger partial charge on any atom is -0.330 e. The molecule has 248 valence electrons. The second-order valence-electron chi connectivity index (χ2n) is 7.90. The van der Waals surface area contributed by atoms with Crippen LogP contribution < -0.4 is 10.5 Å². The van der Waals surface area contributed by atoms with Gasteiger partial charge in [-0.15, -0.1) is 0 Å². The molecule has 0 bridgehead atoms. The summed E-state index contributed by atoms with van der Waals surface area (Å²) in [5.41, 5.74) is 4.90. The lowest BCUT2D eigenvalue weighted by Crippen LogP contribution is -2.76. The Morgan fingerprint density at radius 1 is 0.488 bits per heavy atom. The molecule has 0 saturated carbocycles. The van der Waals surface area contributed by atoms with Crippen LogP contribution in [0.15, 0.2) is 0 Å². The molecular formula is C15H13F21N2O2S. The first-order valence-corrected chi connectivity index (χ1v) is 11.3. The Labute approximate surface area is 213 Å². The van der Waals surface area contributed by atoms with Crippen molar-refractivity contribution in [3.8, 4) is 0 Å². The van der Waals surface area contributed by atoms with E-state index in [1.807, 2.05) is 0 Å². The van der Waals surface area contributed by atoms with E-state index in [9.17, 15) is 101 Å². The van der Waals surface area contributed by atoms with Crippen LogP contribution in [0, 0.1) is 0 Å². The Bertz CT molecular complexity index is 1020. The number of alkyl halides is 21. The van der Waals surface area contributed by atoms with Gasteiger partial charge in [0, 0.05) is 13.0 Å². The topological polar surface area (TPSA) is 72.2 Å². The van der Waals surface area contributed by atoms with Crippen molar-refractivity contribution < 1.29 is 101 Å². The molecule has 0 aromatic carbocycles. The van der Waals surface area contributed by atoms with E-state index in [0.717, 1.165) is 0 Å². The molecule has 0 unspecified atom stereocenters. The van der Waals surface area contributed by atoms with E-state index in [4.69, 9.17) is 5.73 Å². The van der Waals surface area contributed by atoms with Crippen LogP contribution in [-0.4, -0.2) is 86.7 Å². The van der Waals surface area contributed by atoms with Crippen LogP contribution >= 0.6 is 0 Å². The largest absolute Gasteiger partial charge is 0.460 e. The highest BCUT2D eigenvalue weighted by molar-refractivity contribution is 7.89. The molecule has 0 amide bonds. The Morgan fingerprint density at radius 3 is 1.07 bits per heavy atom. The lowest BCUT2D eigenvalue weighted by atomic mass is 9.86. The van der Waals surface area contributed by atoms with E-state index < -0.39 is 88.2 Å². The van der Waals surface area contributed by atoms with E-state index in [1.54, 1.807) is 0 Å². The van der Waals surface area contributed by atoms with Crippen molar-refractivity contribution in [3.63, 3.8) is 0 Å². The standard InChI is InChI=1S/C15H13F21N2O2S/c16-6(17,2-5-41(39,40)38-4-1-3-37)7(18,19)8(20,21)9(22,23)10(24,25)11(26,27)12(28,29)13(30,31)14(32,33)15(34,35)36/h38H,1-5,37H2. The number of halogens is 21. The molecule has 0 aliphatic rings. The number of sulfonamides is 1. The second kappa shape index (κ2) is 10.8. The summed E-state index contributed by atoms with van der Waals surface area (Å²) in [6, 6.07) is 0. The highest BCUT2D eigenvalue weighted by Crippen LogP contribution is 2.66. The zero-order chi connectivity index (χ0) is 33.7. The molecule has 0 aliphatic carbocycles. The summed E-state index contributed by atoms with van der Waals surface area (Å²) in [6.07, 6.45) is -11.6. The fourth-order valence-corrected chi connectivity index (χ4v) is 3.54. The van der Waals surface area contributed by atoms with E-state index in [2.05, 4.69) is 0 Å². The Balaban J connectivity index is 6.76. The molecule has 0 radical (unpaired) electrons. The Hall–Kier alpha value is -1.60. The monoisotopic (exact) mass is 684 g/mol. The third-order valence-corrected chi connectivity index (χ3v) is 6.35. The smallest absolute Gasteiger partial charge is 0.330 e. The zero-order valence-corrected chi connectivity index (χ0v) is 19.6. The average Bonchev–Trinajstić information content (AvgIpc) is 2.76. The van der Waals surface area contributed by atoms with Crippen molar-refractivity contribution in [3.05, 3.63) is 0 Å². The van der Waals surface area contributed by atoms with E-state index in [1.165, 1.54) is 4.72 Å². The van der Waals surface area contributed by atoms with Crippen LogP contribution in [0.1, 0.15) is 12.8 Å². The zero-order valence-electron chi connectivity index (χ0n) is 18.8. The lowest BCUT2D eigenvalue weighted by molar-refractivity contribution is -0.474. The van der Waals surface area contributed by atoms with Crippen molar-refractivity contribution in [1.29, 1.82) is 0 Å². The molecule has 0 heterocycles. The van der Waals surface area contributed by atoms with E-state index in [0.29, 0.717) is 0 Å². The summed E-state index contributed by atoms with van der Waals surface area (Å²) >= 11 is 0. The van der Waals surface area contributed by atoms with Gasteiger partial charge in [-0.25, -0.2) is 13.1 Å². The van der Waals surface area contributed by atoms with Crippen LogP contribution in [0.3, 0.4) is 0 Å². The quantitative estimate of drug-likeness (QED) is 0.166. The molecule has 4 nitrogen and oxygen atoms in total. The van der Waals surface area contributed by atoms with Crippen LogP contribution in [0.5, 0.6) is 0 Å². The van der Waals surface area contributed by atoms with Gasteiger partial charge in [0.05, 0.1) is 5.75 Å². The molecule has 0 spiro atoms. The van der Waals surface area contributed by atoms with Gasteiger partial charge in [-0.2, -0.15) is 92.2 Å². The van der Waals surface area contributed by atoms with Gasteiger partial charge in [0.25, 0.3) is 0 Å². The van der Waals surface area contributed by atoms with E-state index >= 15 is 0 Å². The molecule has 0 fully saturated rings. The van der Waals surface area contributed by atoms with Gasteiger partial charge in [0.15, 0.2) is 0 Å². The fraction of sp³-hybridized carbons (Fsp3) is 1.00. The first-order chi connectivity index (χ1) is 17.5. The van der Waals surface area contributed by atoms with Gasteiger partial charge in [0.1, 0.15) is 0 Å². The Kier molecular flexibility index (Phi) is 10.4. The molecule has 41 heavy (non-hydrogen) atoms. The predicted molar refractivity (Wildman–Crippen MR) is 90.7 cm³/mol. The first-order valence-electron chi connectivity index (χ1n) is 9.66. The molecular weight excluding hydrogens is 671 g/mol. The SMILES string of the molecule is NCCCNS(=O)(=O)CCC(F)(F)C(F)(F)C(F)(F)C(F)(F)C(F)(F)C(F)(F)C(F)(F)C(F)(F)C(F)(F)C(F)(F)F. The van der Waals surface area contributed by atoms with Crippen molar-refractivity contribution in [2.45, 2.75) is 72.3 Å². The number of rotatable bonds is 15. The number of hydrogen-bond donors (Lipinski definition) is 2. The van der Waals surface area contributed by atoms with Gasteiger partial charge < -0.3 is 5.73 Å². The summed E-state index contributed by atoms with van der Waals surface area (Å²) in [7, 11) is -5.21. The summed E-state index contributed by atoms with van der Waals surface area (Å²) in [6.45, 7) is -1.03. The highest BCUT2D eigenvalue weighted by atomic mass is 32.2. The molecule has 3 N–H and O–H groups in total. The first kappa shape index (κ1) is 39.4. The second-order valence-corrected chi connectivity index (χ2v) is 9.83. The maximum atomic E-state index is 13.8. The number of nitrogens with two attached hydrogens (primary N) is 1. The molecule has 0 atom stereocenters. The van der Waals surface area contributed by atoms with Crippen molar-refractivity contribution in [2.24, 2.45) is 5.73 Å². The van der Waals surface area contributed by atoms with Crippen molar-refractivity contribution in [2.75, 3.05) is 18.8 Å². The molecule has 0 saturated heterocycles. The normalized spacial score (nSPS) is 16.3. The third kappa shape index (κ3) is 5.96. The predicted octanol–water partition coefficient (Wildman–Crippen LogP) is 5.92. The summed E-state index contributed by atoms with van der Waals surface area (Å²) in [5.74, 6) is -80.5. The van der Waals surface area contributed by atoms with Crippen LogP contribution in [0.4, 0.5) is 92.2 Å². The summed E-state index contributed by atoms with van der Waals surface area (Å²) in [5, 5.41) is 0. The van der Waals surface area contributed by atoms with Crippen molar-refractivity contribution in [1.82, 2.24) is 4.72 Å². The van der Waals surface area contributed by atoms with Crippen LogP contribution in [0.2, 0.25) is 0 Å². The molecule has 0 aromatic rings. The minimum absolute atomic E-state index is 0.280. The third-order valence-electron chi connectivity index (χ3n) is 4.96. The Morgan fingerprint density at radius 2 is 0.780 bits per heavy atom. The van der Waals surface area contributed by atoms with Crippen LogP contribution in [0.25, 0.3) is 0 Å². The van der Waals surface area contributed by atoms with Gasteiger partial charge in [0.2, 0.25) is 10.0 Å². The molecule has 26 heteroatoms. The van der Waals surface area contributed by atoms with Gasteiger partial charge in [-0.1, -0.05) is 0 Å². The summed E-state index contributed by atoms with van der Waals surface area (Å²) < 4.78 is 303. The highest BCUT2D eigenvalue weighted by Gasteiger charge is 2.97. The average molecular weight is 684 g/mol. The maximum absolute atomic E-state index is 13.8. The minimum atomic E-state index is -9.26. The van der Waals surface area contributed by atoms with Gasteiger partial charge in [-0.05, 0) is 13.0 Å². The lowest BCUT2D eigenvalue weighted by Gasteiger charge is -2.44. The fourth-order valence-electron chi connectivity index (χ4n) is 2.41. The van der Waals surface area contributed by atoms with E-state index in [-0.39, 0.29) is 13.0 Å². The number of hydrogen-bond acceptors (Lipinski definition) is 3. The number of nitrogens with one attached hydrogen (secondary N) is 1. The maximum Gasteiger partial charge on any atom is 0.460 e.